The monoisotopic (exact) mass is 222 g/mol. The van der Waals surface area contributed by atoms with Crippen molar-refractivity contribution in [3.05, 3.63) is 18.3 Å². The predicted molar refractivity (Wildman–Crippen MR) is 65.2 cm³/mol. The Balaban J connectivity index is 2.85. The molecule has 0 saturated heterocycles. The number of nitrogen functional groups attached to an aromatic ring is 1. The molecule has 0 bridgehead atoms. The minimum atomic E-state index is -0.0308. The highest BCUT2D eigenvalue weighted by atomic mass is 16.1. The summed E-state index contributed by atoms with van der Waals surface area (Å²) < 4.78 is 0. The van der Waals surface area contributed by atoms with Gasteiger partial charge in [-0.15, -0.1) is 0 Å². The molecule has 0 saturated carbocycles. The Kier molecular flexibility index (Phi) is 4.57. The van der Waals surface area contributed by atoms with E-state index in [0.29, 0.717) is 12.4 Å². The van der Waals surface area contributed by atoms with E-state index in [2.05, 4.69) is 17.2 Å². The van der Waals surface area contributed by atoms with Gasteiger partial charge < -0.3 is 16.0 Å². The first-order valence-corrected chi connectivity index (χ1v) is 5.35. The van der Waals surface area contributed by atoms with E-state index in [-0.39, 0.29) is 5.91 Å². The lowest BCUT2D eigenvalue weighted by Crippen LogP contribution is -2.36. The van der Waals surface area contributed by atoms with E-state index >= 15 is 0 Å². The van der Waals surface area contributed by atoms with E-state index in [4.69, 9.17) is 5.73 Å². The van der Waals surface area contributed by atoms with Crippen molar-refractivity contribution in [2.75, 3.05) is 30.8 Å². The fourth-order valence-corrected chi connectivity index (χ4v) is 1.48. The molecule has 0 aliphatic rings. The van der Waals surface area contributed by atoms with Crippen molar-refractivity contribution >= 4 is 17.4 Å². The summed E-state index contributed by atoms with van der Waals surface area (Å²) in [6.45, 7) is 3.15. The number of nitrogens with zero attached hydrogens (tertiary/aromatic N) is 2. The lowest BCUT2D eigenvalue weighted by Gasteiger charge is -2.24. The molecule has 0 unspecified atom stereocenters. The number of nitrogens with two attached hydrogens (primary N) is 1. The van der Waals surface area contributed by atoms with Gasteiger partial charge in [-0.2, -0.15) is 0 Å². The van der Waals surface area contributed by atoms with E-state index in [1.807, 2.05) is 17.0 Å². The van der Waals surface area contributed by atoms with Crippen LogP contribution in [-0.2, 0) is 4.79 Å². The molecule has 3 N–H and O–H groups in total. The predicted octanol–water partition coefficient (Wildman–Crippen LogP) is 0.626. The fraction of sp³-hybridized carbons (Fsp3) is 0.455. The minimum absolute atomic E-state index is 0.0308. The van der Waals surface area contributed by atoms with Gasteiger partial charge in [0.05, 0.1) is 12.2 Å². The van der Waals surface area contributed by atoms with Crippen molar-refractivity contribution in [3.8, 4) is 0 Å². The third-order valence-electron chi connectivity index (χ3n) is 2.26. The second-order valence-corrected chi connectivity index (χ2v) is 3.50. The van der Waals surface area contributed by atoms with Gasteiger partial charge in [-0.1, -0.05) is 6.92 Å². The third-order valence-corrected chi connectivity index (χ3v) is 2.26. The number of anilines is 2. The Morgan fingerprint density at radius 3 is 2.94 bits per heavy atom. The molecule has 5 nitrogen and oxygen atoms in total. The van der Waals surface area contributed by atoms with Crippen LogP contribution in [-0.4, -0.2) is 31.0 Å². The zero-order valence-electron chi connectivity index (χ0n) is 9.73. The number of amides is 1. The zero-order chi connectivity index (χ0) is 12.0. The molecular formula is C11H18N4O. The highest BCUT2D eigenvalue weighted by molar-refractivity contribution is 5.82. The molecule has 0 radical (unpaired) electrons. The first-order valence-electron chi connectivity index (χ1n) is 5.35. The first kappa shape index (κ1) is 12.3. The topological polar surface area (TPSA) is 71.2 Å². The van der Waals surface area contributed by atoms with Crippen molar-refractivity contribution in [1.29, 1.82) is 0 Å². The number of nitrogens with one attached hydrogen (secondary N) is 1. The molecular weight excluding hydrogens is 204 g/mol. The molecule has 0 aliphatic heterocycles. The molecule has 0 atom stereocenters. The van der Waals surface area contributed by atoms with Crippen LogP contribution in [0.1, 0.15) is 13.3 Å². The fourth-order valence-electron chi connectivity index (χ4n) is 1.48. The van der Waals surface area contributed by atoms with Crippen LogP contribution in [0.25, 0.3) is 0 Å². The van der Waals surface area contributed by atoms with Crippen molar-refractivity contribution < 1.29 is 4.79 Å². The average Bonchev–Trinajstić information content (AvgIpc) is 2.29. The van der Waals surface area contributed by atoms with E-state index in [1.165, 1.54) is 0 Å². The van der Waals surface area contributed by atoms with Crippen LogP contribution in [0.4, 0.5) is 11.5 Å². The lowest BCUT2D eigenvalue weighted by molar-refractivity contribution is -0.119. The van der Waals surface area contributed by atoms with Crippen LogP contribution in [0.3, 0.4) is 0 Å². The number of likely N-dealkylation sites (N-methyl/N-ethyl adjacent to an activating group) is 1. The molecule has 16 heavy (non-hydrogen) atoms. The number of carbonyl (C=O) groups excluding carboxylic acids is 1. The maximum atomic E-state index is 11.4. The largest absolute Gasteiger partial charge is 0.382 e. The van der Waals surface area contributed by atoms with Crippen molar-refractivity contribution in [1.82, 2.24) is 10.3 Å². The van der Waals surface area contributed by atoms with Gasteiger partial charge in [-0.3, -0.25) is 4.79 Å². The number of rotatable bonds is 5. The SMILES string of the molecule is CCCN(CC(=O)NC)c1cccnc1N. The van der Waals surface area contributed by atoms with E-state index in [0.717, 1.165) is 18.7 Å². The van der Waals surface area contributed by atoms with Crippen LogP contribution in [0.5, 0.6) is 0 Å². The van der Waals surface area contributed by atoms with Gasteiger partial charge in [0.1, 0.15) is 5.82 Å². The summed E-state index contributed by atoms with van der Waals surface area (Å²) >= 11 is 0. The second-order valence-electron chi connectivity index (χ2n) is 3.50. The van der Waals surface area contributed by atoms with Gasteiger partial charge in [0.2, 0.25) is 5.91 Å². The van der Waals surface area contributed by atoms with Gasteiger partial charge in [-0.25, -0.2) is 4.98 Å². The van der Waals surface area contributed by atoms with Crippen LogP contribution in [0.15, 0.2) is 18.3 Å². The normalized spacial score (nSPS) is 9.88. The Morgan fingerprint density at radius 2 is 2.38 bits per heavy atom. The highest BCUT2D eigenvalue weighted by Crippen LogP contribution is 2.19. The van der Waals surface area contributed by atoms with Crippen LogP contribution in [0.2, 0.25) is 0 Å². The summed E-state index contributed by atoms with van der Waals surface area (Å²) in [7, 11) is 1.62. The van der Waals surface area contributed by atoms with Crippen LogP contribution < -0.4 is 16.0 Å². The van der Waals surface area contributed by atoms with Crippen molar-refractivity contribution in [3.63, 3.8) is 0 Å². The molecule has 1 heterocycles. The Labute approximate surface area is 95.7 Å². The molecule has 0 aliphatic carbocycles. The molecule has 1 aromatic heterocycles. The molecule has 0 fully saturated rings. The summed E-state index contributed by atoms with van der Waals surface area (Å²) in [6, 6.07) is 3.69. The number of carbonyl (C=O) groups is 1. The number of hydrogen-bond donors (Lipinski definition) is 2. The Morgan fingerprint density at radius 1 is 1.62 bits per heavy atom. The van der Waals surface area contributed by atoms with Gasteiger partial charge >= 0.3 is 0 Å². The summed E-state index contributed by atoms with van der Waals surface area (Å²) in [5.74, 6) is 0.427. The molecule has 1 rings (SSSR count). The van der Waals surface area contributed by atoms with Gasteiger partial charge in [-0.05, 0) is 18.6 Å². The molecule has 88 valence electrons. The maximum Gasteiger partial charge on any atom is 0.239 e. The summed E-state index contributed by atoms with van der Waals surface area (Å²) in [6.07, 6.45) is 2.59. The number of hydrogen-bond acceptors (Lipinski definition) is 4. The van der Waals surface area contributed by atoms with Crippen molar-refractivity contribution in [2.45, 2.75) is 13.3 Å². The maximum absolute atomic E-state index is 11.4. The lowest BCUT2D eigenvalue weighted by atomic mass is 10.3. The highest BCUT2D eigenvalue weighted by Gasteiger charge is 2.12. The van der Waals surface area contributed by atoms with Crippen LogP contribution in [0, 0.1) is 0 Å². The van der Waals surface area contributed by atoms with Gasteiger partial charge in [0, 0.05) is 19.8 Å². The number of pyridine rings is 1. The molecule has 5 heteroatoms. The van der Waals surface area contributed by atoms with E-state index < -0.39 is 0 Å². The molecule has 1 aromatic rings. The second kappa shape index (κ2) is 5.95. The van der Waals surface area contributed by atoms with Crippen LogP contribution >= 0.6 is 0 Å². The zero-order valence-corrected chi connectivity index (χ0v) is 9.73. The molecule has 1 amide bonds. The van der Waals surface area contributed by atoms with E-state index in [1.54, 1.807) is 13.2 Å². The van der Waals surface area contributed by atoms with E-state index in [9.17, 15) is 4.79 Å². The Bertz CT molecular complexity index is 354. The summed E-state index contributed by atoms with van der Waals surface area (Å²) in [5.41, 5.74) is 6.60. The smallest absolute Gasteiger partial charge is 0.239 e. The minimum Gasteiger partial charge on any atom is -0.382 e. The summed E-state index contributed by atoms with van der Waals surface area (Å²) in [5, 5.41) is 2.60. The average molecular weight is 222 g/mol. The third kappa shape index (κ3) is 3.12. The summed E-state index contributed by atoms with van der Waals surface area (Å²) in [4.78, 5) is 17.3. The quantitative estimate of drug-likeness (QED) is 0.766. The standard InChI is InChI=1S/C11H18N4O/c1-3-7-15(8-10(16)13-2)9-5-4-6-14-11(9)12/h4-6H,3,7-8H2,1-2H3,(H2,12,14)(H,13,16). The molecule has 0 spiro atoms. The molecule has 0 aromatic carbocycles. The first-order chi connectivity index (χ1) is 7.69. The van der Waals surface area contributed by atoms with Gasteiger partial charge in [0.25, 0.3) is 0 Å². The van der Waals surface area contributed by atoms with Crippen molar-refractivity contribution in [2.24, 2.45) is 0 Å². The number of aromatic nitrogens is 1. The van der Waals surface area contributed by atoms with Gasteiger partial charge in [0.15, 0.2) is 0 Å². The Hall–Kier alpha value is -1.78.